The number of anilines is 5. The van der Waals surface area contributed by atoms with Gasteiger partial charge in [0.05, 0.1) is 165 Å². The largest absolute Gasteiger partial charge is 0.377 e. The molecule has 20 aromatic rings. The SMILES string of the molecule is CCn1nccc1-c1cc(N2CCOC[C@H]2C)nc(-c2ccnc3[nH]ccc23)n1.C[C@@H]1COCCN1c1cc(-c2ccnn2C)nc(-c2cc(F)cc3[nH]ccc23)n1.C[C@@H]1COCCN1c1cc(-c2ccnn2C)nc(-c2ccnc3[nH]ccc23)n1.Cc1cc(-c2cc(N3CCOC[C@H]3C)nc(-c3ccnc4[nH]ccc34)n2)n(C)n1.Cc1cnn(C)c1-c1cc(N2CCOC[C@H]2C)nc(-c2ccnc3[nH]ccc23)n1. The Hall–Kier alpha value is -16.3. The quantitative estimate of drug-likeness (QED) is 0.0600. The Labute approximate surface area is 827 Å². The summed E-state index contributed by atoms with van der Waals surface area (Å²) in [6, 6.07) is 40.1. The first-order chi connectivity index (χ1) is 70.3. The molecule has 0 unspecified atom stereocenters. The summed E-state index contributed by atoms with van der Waals surface area (Å²) in [6.45, 7) is 28.4. The van der Waals surface area contributed by atoms with Gasteiger partial charge in [0.15, 0.2) is 29.1 Å². The number of hydrogen-bond donors (Lipinski definition) is 5. The van der Waals surface area contributed by atoms with Crippen LogP contribution in [0.25, 0.3) is 169 Å². The minimum Gasteiger partial charge on any atom is -0.377 e. The van der Waals surface area contributed by atoms with E-state index in [1.165, 1.54) is 12.1 Å². The van der Waals surface area contributed by atoms with Crippen LogP contribution in [-0.2, 0) is 58.4 Å². The lowest BCUT2D eigenvalue weighted by atomic mass is 10.1. The number of hydrogen-bond acceptors (Lipinski definition) is 29. The van der Waals surface area contributed by atoms with Gasteiger partial charge in [0, 0.05) is 232 Å². The fourth-order valence-corrected chi connectivity index (χ4v) is 19.3. The summed E-state index contributed by atoms with van der Waals surface area (Å²) >= 11 is 0. The second-order valence-electron chi connectivity index (χ2n) is 36.4. The fourth-order valence-electron chi connectivity index (χ4n) is 19.3. The molecule has 19 aromatic heterocycles. The van der Waals surface area contributed by atoms with Gasteiger partial charge in [-0.05, 0) is 152 Å². The second-order valence-corrected chi connectivity index (χ2v) is 36.4. The molecule has 5 atom stereocenters. The zero-order valence-corrected chi connectivity index (χ0v) is 82.1. The number of pyridine rings is 4. The van der Waals surface area contributed by atoms with E-state index >= 15 is 0 Å². The number of aryl methyl sites for hydroxylation is 7. The molecule has 0 aliphatic carbocycles. The number of halogens is 1. The van der Waals surface area contributed by atoms with Crippen molar-refractivity contribution in [3.8, 4) is 114 Å². The summed E-state index contributed by atoms with van der Waals surface area (Å²) in [7, 11) is 7.68. The van der Waals surface area contributed by atoms with Crippen LogP contribution in [0.2, 0.25) is 0 Å². The van der Waals surface area contributed by atoms with Crippen LogP contribution in [0.1, 0.15) is 52.8 Å². The van der Waals surface area contributed by atoms with E-state index in [2.05, 4.69) is 168 Å². The van der Waals surface area contributed by atoms with Crippen molar-refractivity contribution < 1.29 is 28.1 Å². The van der Waals surface area contributed by atoms with E-state index < -0.39 is 0 Å². The van der Waals surface area contributed by atoms with Gasteiger partial charge in [0.2, 0.25) is 0 Å². The molecule has 0 bridgehead atoms. The Balaban J connectivity index is 0.000000106. The van der Waals surface area contributed by atoms with Crippen molar-refractivity contribution in [3.63, 3.8) is 0 Å². The van der Waals surface area contributed by atoms with Gasteiger partial charge in [0.25, 0.3) is 0 Å². The predicted molar refractivity (Wildman–Crippen MR) is 551 cm³/mol. The Morgan fingerprint density at radius 3 is 1.00 bits per heavy atom. The zero-order chi connectivity index (χ0) is 98.8. The number of nitrogens with one attached hydrogen (secondary N) is 5. The van der Waals surface area contributed by atoms with E-state index in [0.29, 0.717) is 101 Å². The number of rotatable bonds is 16. The number of morpholine rings is 5. The lowest BCUT2D eigenvalue weighted by molar-refractivity contribution is 0.0985. The molecule has 0 saturated carbocycles. The number of benzene rings is 1. The molecule has 5 fully saturated rings. The average molecular weight is 1940 g/mol. The number of aromatic nitrogens is 29. The minimum absolute atomic E-state index is 0.186. The van der Waals surface area contributed by atoms with Crippen molar-refractivity contribution in [1.82, 2.24) is 144 Å². The molecule has 5 saturated heterocycles. The number of fused-ring (bicyclic) bond motifs is 5. The third-order valence-corrected chi connectivity index (χ3v) is 26.6. The molecule has 24 heterocycles. The molecule has 5 aliphatic heterocycles. The van der Waals surface area contributed by atoms with Crippen LogP contribution in [-0.4, -0.2) is 273 Å². The molecule has 5 aliphatic rings. The smallest absolute Gasteiger partial charge is 0.163 e. The van der Waals surface area contributed by atoms with E-state index in [-0.39, 0.29) is 36.0 Å². The zero-order valence-electron chi connectivity index (χ0n) is 82.1. The summed E-state index contributed by atoms with van der Waals surface area (Å²) < 4.78 is 51.6. The van der Waals surface area contributed by atoms with E-state index in [0.717, 1.165) is 214 Å². The maximum Gasteiger partial charge on any atom is 0.163 e. The van der Waals surface area contributed by atoms with Crippen LogP contribution in [0.3, 0.4) is 0 Å². The molecule has 1 aromatic carbocycles. The number of ether oxygens (including phenoxy) is 5. The maximum atomic E-state index is 14.3. The Kier molecular flexibility index (Phi) is 26.8. The Morgan fingerprint density at radius 2 is 0.660 bits per heavy atom. The molecular formula is C104H111FN34O5. The van der Waals surface area contributed by atoms with Crippen LogP contribution < -0.4 is 24.5 Å². The van der Waals surface area contributed by atoms with Crippen LogP contribution in [0.15, 0.2) is 202 Å². The lowest BCUT2D eigenvalue weighted by Crippen LogP contribution is -2.44. The predicted octanol–water partition coefficient (Wildman–Crippen LogP) is 15.1. The lowest BCUT2D eigenvalue weighted by Gasteiger charge is -2.34. The fraction of sp³-hybridized carbons (Fsp3) is 0.317. The molecule has 5 N–H and O–H groups in total. The Bertz CT molecular complexity index is 7920. The van der Waals surface area contributed by atoms with Crippen molar-refractivity contribution in [2.24, 2.45) is 28.2 Å². The summed E-state index contributed by atoms with van der Waals surface area (Å²) in [4.78, 5) is 93.8. The standard InChI is InChI=1S/C21H21FN6O.3C21H23N7O.C20H21N7O/c1-13-12-29-8-7-28(13)20-11-18(19-4-6-24-27(19)2)25-21(26-20)16-9-14(22)10-17-15(16)3-5-23-17;1-13-11-24-27(3)19(13)17-10-18(28-8-9-29-12-14(28)2)26-21(25-17)16-5-7-23-20-15(16)4-6-22-20;1-13-10-18(27(3)26-13)17-11-19(28-8-9-29-12-14(28)2)25-21(24-17)16-5-7-23-20-15(16)4-6-22-20;1-3-28-18(6-9-24-28)17-12-19(27-10-11-29-13-14(27)2)26-21(25-17)16-5-8-23-20-15(16)4-7-22-20;1-13-12-28-10-9-27(13)18-11-16(17-5-8-23-26(17)2)24-20(25-18)15-4-7-22-19-14(15)3-6-21-19/h3-6,9-11,13,23H,7-8,12H2,1-2H3;2*4-7,10-11,14H,8-9,12H2,1-3H3,(H,22,23);4-9,12,14H,3,10-11,13H2,1-2H3,(H,22,23);3-8,11,13H,9-10,12H2,1-2H3,(H,21,22)/t13-;3*14-;13-/m11111/s1. The van der Waals surface area contributed by atoms with Gasteiger partial charge < -0.3 is 73.1 Å². The highest BCUT2D eigenvalue weighted by atomic mass is 19.1. The molecular weight excluding hydrogens is 1820 g/mol. The van der Waals surface area contributed by atoms with Crippen LogP contribution >= 0.6 is 0 Å². The highest BCUT2D eigenvalue weighted by Crippen LogP contribution is 2.40. The van der Waals surface area contributed by atoms with Gasteiger partial charge >= 0.3 is 0 Å². The third-order valence-electron chi connectivity index (χ3n) is 26.6. The molecule has 144 heavy (non-hydrogen) atoms. The van der Waals surface area contributed by atoms with Crippen LogP contribution in [0.4, 0.5) is 33.5 Å². The van der Waals surface area contributed by atoms with Gasteiger partial charge in [-0.3, -0.25) is 23.4 Å². The number of H-pyrrole nitrogens is 5. The van der Waals surface area contributed by atoms with E-state index in [1.54, 1.807) is 48.1 Å². The van der Waals surface area contributed by atoms with Crippen molar-refractivity contribution >= 4 is 84.1 Å². The highest BCUT2D eigenvalue weighted by Gasteiger charge is 2.32. The molecule has 0 radical (unpaired) electrons. The number of nitrogens with zero attached hydrogens (tertiary/aromatic N) is 29. The molecule has 39 nitrogen and oxygen atoms in total. The molecule has 0 amide bonds. The van der Waals surface area contributed by atoms with E-state index in [9.17, 15) is 4.39 Å². The summed E-state index contributed by atoms with van der Waals surface area (Å²) in [5, 5.41) is 26.8. The second kappa shape index (κ2) is 41.1. The van der Waals surface area contributed by atoms with Crippen molar-refractivity contribution in [2.75, 3.05) is 123 Å². The van der Waals surface area contributed by atoms with Crippen LogP contribution in [0.5, 0.6) is 0 Å². The topological polar surface area (TPSA) is 411 Å². The van der Waals surface area contributed by atoms with Crippen molar-refractivity contribution in [2.45, 2.75) is 92.1 Å². The van der Waals surface area contributed by atoms with Gasteiger partial charge in [-0.25, -0.2) is 74.2 Å². The molecule has 0 spiro atoms. The average Bonchev–Trinajstić information content (AvgIpc) is 1.54. The first-order valence-electron chi connectivity index (χ1n) is 48.4. The van der Waals surface area contributed by atoms with E-state index in [1.807, 2.05) is 176 Å². The number of aromatic amines is 5. The molecule has 25 rings (SSSR count). The highest BCUT2D eigenvalue weighted by molar-refractivity contribution is 5.96. The van der Waals surface area contributed by atoms with Crippen LogP contribution in [0, 0.1) is 19.7 Å². The summed E-state index contributed by atoms with van der Waals surface area (Å²) in [5.41, 5.74) is 19.5. The minimum atomic E-state index is -0.328. The molecule has 734 valence electrons. The van der Waals surface area contributed by atoms with E-state index in [4.69, 9.17) is 73.5 Å². The van der Waals surface area contributed by atoms with Gasteiger partial charge in [-0.15, -0.1) is 0 Å². The van der Waals surface area contributed by atoms with Gasteiger partial charge in [0.1, 0.15) is 57.5 Å². The van der Waals surface area contributed by atoms with Gasteiger partial charge in [-0.1, -0.05) is 0 Å². The normalized spacial score (nSPS) is 17.2. The van der Waals surface area contributed by atoms with Gasteiger partial charge in [-0.2, -0.15) is 25.5 Å². The van der Waals surface area contributed by atoms with Crippen molar-refractivity contribution in [3.05, 3.63) is 219 Å². The third kappa shape index (κ3) is 19.4. The summed E-state index contributed by atoms with van der Waals surface area (Å²) in [6.07, 6.45) is 23.7. The maximum absolute atomic E-state index is 14.3. The first kappa shape index (κ1) is 94.0. The molecule has 40 heteroatoms. The monoisotopic (exact) mass is 1930 g/mol. The Morgan fingerprint density at radius 1 is 0.326 bits per heavy atom. The van der Waals surface area contributed by atoms with Crippen molar-refractivity contribution in [1.29, 1.82) is 0 Å². The summed E-state index contributed by atoms with van der Waals surface area (Å²) in [5.74, 6) is 7.31. The first-order valence-corrected chi connectivity index (χ1v) is 48.4.